The quantitative estimate of drug-likeness (QED) is 0.485. The molecule has 4 nitrogen and oxygen atoms in total. The number of nitrogens with zero attached hydrogens (tertiary/aromatic N) is 1. The van der Waals surface area contributed by atoms with Crippen molar-refractivity contribution < 1.29 is 9.72 Å². The van der Waals surface area contributed by atoms with E-state index in [1.807, 2.05) is 6.07 Å². The van der Waals surface area contributed by atoms with E-state index in [0.29, 0.717) is 11.1 Å². The number of rotatable bonds is 3. The summed E-state index contributed by atoms with van der Waals surface area (Å²) < 4.78 is 0. The fourth-order valence-electron chi connectivity index (χ4n) is 1.49. The predicted molar refractivity (Wildman–Crippen MR) is 70.2 cm³/mol. The lowest BCUT2D eigenvalue weighted by molar-refractivity contribution is -0.384. The molecule has 0 N–H and O–H groups in total. The minimum Gasteiger partial charge on any atom is -0.289 e. The lowest BCUT2D eigenvalue weighted by Crippen LogP contribution is -2.00. The average molecular weight is 264 g/mol. The van der Waals surface area contributed by atoms with Gasteiger partial charge in [-0.3, -0.25) is 14.9 Å². The van der Waals surface area contributed by atoms with Gasteiger partial charge in [-0.05, 0) is 12.1 Å². The number of non-ortho nitro benzene ring substituents is 1. The average Bonchev–Trinajstić information content (AvgIpc) is 2.39. The van der Waals surface area contributed by atoms with Gasteiger partial charge in [-0.2, -0.15) is 0 Å². The first kappa shape index (κ1) is 13.9. The number of carbonyl (C=O) groups is 1. The van der Waals surface area contributed by atoms with Crippen molar-refractivity contribution in [3.05, 3.63) is 75.8 Å². The van der Waals surface area contributed by atoms with Gasteiger partial charge in [0.1, 0.15) is 0 Å². The van der Waals surface area contributed by atoms with Gasteiger partial charge in [-0.15, -0.1) is 12.4 Å². The Morgan fingerprint density at radius 1 is 0.889 bits per heavy atom. The van der Waals surface area contributed by atoms with Crippen molar-refractivity contribution in [2.45, 2.75) is 0 Å². The van der Waals surface area contributed by atoms with Crippen LogP contribution < -0.4 is 0 Å². The van der Waals surface area contributed by atoms with Crippen LogP contribution >= 0.6 is 12.4 Å². The molecule has 0 aliphatic heterocycles. The summed E-state index contributed by atoms with van der Waals surface area (Å²) in [5.74, 6) is -0.138. The van der Waals surface area contributed by atoms with Crippen molar-refractivity contribution in [1.29, 1.82) is 0 Å². The minimum absolute atomic E-state index is 0. The van der Waals surface area contributed by atoms with Crippen molar-refractivity contribution >= 4 is 23.9 Å². The highest BCUT2D eigenvalue weighted by atomic mass is 35.5. The monoisotopic (exact) mass is 263 g/mol. The number of nitro groups is 1. The SMILES string of the molecule is Cl.O=C(c1ccccc1)c1ccc([N+](=O)[O-])cc1. The zero-order valence-corrected chi connectivity index (χ0v) is 10.1. The molecule has 0 atom stereocenters. The molecular formula is C13H10ClNO3. The van der Waals surface area contributed by atoms with Crippen LogP contribution in [0, 0.1) is 10.1 Å². The van der Waals surface area contributed by atoms with E-state index < -0.39 is 4.92 Å². The Balaban J connectivity index is 0.00000162. The van der Waals surface area contributed by atoms with Crippen LogP contribution in [0.2, 0.25) is 0 Å². The summed E-state index contributed by atoms with van der Waals surface area (Å²) in [6.07, 6.45) is 0. The maximum absolute atomic E-state index is 12.0. The van der Waals surface area contributed by atoms with Crippen LogP contribution in [0.1, 0.15) is 15.9 Å². The van der Waals surface area contributed by atoms with Gasteiger partial charge in [0.05, 0.1) is 4.92 Å². The highest BCUT2D eigenvalue weighted by molar-refractivity contribution is 6.09. The molecular weight excluding hydrogens is 254 g/mol. The molecule has 0 saturated heterocycles. The Morgan fingerprint density at radius 3 is 1.89 bits per heavy atom. The van der Waals surface area contributed by atoms with Gasteiger partial charge in [-0.1, -0.05) is 30.3 Å². The molecule has 0 aromatic heterocycles. The number of nitro benzene ring substituents is 1. The predicted octanol–water partition coefficient (Wildman–Crippen LogP) is 3.25. The zero-order valence-electron chi connectivity index (χ0n) is 9.28. The van der Waals surface area contributed by atoms with Crippen molar-refractivity contribution in [2.24, 2.45) is 0 Å². The summed E-state index contributed by atoms with van der Waals surface area (Å²) in [7, 11) is 0. The van der Waals surface area contributed by atoms with Gasteiger partial charge in [0, 0.05) is 23.3 Å². The number of hydrogen-bond acceptors (Lipinski definition) is 3. The molecule has 0 spiro atoms. The van der Waals surface area contributed by atoms with Crippen LogP contribution in [0.15, 0.2) is 54.6 Å². The molecule has 0 unspecified atom stereocenters. The van der Waals surface area contributed by atoms with Gasteiger partial charge in [-0.25, -0.2) is 0 Å². The molecule has 2 rings (SSSR count). The summed E-state index contributed by atoms with van der Waals surface area (Å²) in [6, 6.07) is 14.4. The molecule has 2 aromatic rings. The summed E-state index contributed by atoms with van der Waals surface area (Å²) in [4.78, 5) is 21.9. The fourth-order valence-corrected chi connectivity index (χ4v) is 1.49. The lowest BCUT2D eigenvalue weighted by Gasteiger charge is -2.00. The highest BCUT2D eigenvalue weighted by Crippen LogP contribution is 2.15. The highest BCUT2D eigenvalue weighted by Gasteiger charge is 2.10. The molecule has 0 aliphatic rings. The lowest BCUT2D eigenvalue weighted by atomic mass is 10.0. The van der Waals surface area contributed by atoms with E-state index >= 15 is 0 Å². The summed E-state index contributed by atoms with van der Waals surface area (Å²) >= 11 is 0. The standard InChI is InChI=1S/C13H9NO3.ClH/c15-13(10-4-2-1-3-5-10)11-6-8-12(9-7-11)14(16)17;/h1-9H;1H. The largest absolute Gasteiger partial charge is 0.289 e. The van der Waals surface area contributed by atoms with Crippen molar-refractivity contribution in [3.63, 3.8) is 0 Å². The Bertz CT molecular complexity index is 552. The first-order valence-corrected chi connectivity index (χ1v) is 5.02. The van der Waals surface area contributed by atoms with Crippen molar-refractivity contribution in [1.82, 2.24) is 0 Å². The fraction of sp³-hybridized carbons (Fsp3) is 0. The van der Waals surface area contributed by atoms with Crippen LogP contribution in [-0.4, -0.2) is 10.7 Å². The third-order valence-electron chi connectivity index (χ3n) is 2.38. The third kappa shape index (κ3) is 2.93. The molecule has 5 heteroatoms. The molecule has 0 bridgehead atoms. The van der Waals surface area contributed by atoms with E-state index in [-0.39, 0.29) is 23.9 Å². The van der Waals surface area contributed by atoms with Crippen LogP contribution in [0.3, 0.4) is 0 Å². The molecule has 92 valence electrons. The topological polar surface area (TPSA) is 60.2 Å². The van der Waals surface area contributed by atoms with E-state index in [9.17, 15) is 14.9 Å². The molecule has 0 aliphatic carbocycles. The number of halogens is 1. The van der Waals surface area contributed by atoms with Crippen LogP contribution in [0.5, 0.6) is 0 Å². The van der Waals surface area contributed by atoms with Crippen molar-refractivity contribution in [3.8, 4) is 0 Å². The van der Waals surface area contributed by atoms with E-state index in [2.05, 4.69) is 0 Å². The number of benzene rings is 2. The minimum atomic E-state index is -0.489. The van der Waals surface area contributed by atoms with Gasteiger partial charge in [0.25, 0.3) is 5.69 Å². The Morgan fingerprint density at radius 2 is 1.39 bits per heavy atom. The van der Waals surface area contributed by atoms with Crippen LogP contribution in [0.4, 0.5) is 5.69 Å². The van der Waals surface area contributed by atoms with Gasteiger partial charge in [0.2, 0.25) is 0 Å². The molecule has 0 heterocycles. The first-order valence-electron chi connectivity index (χ1n) is 5.02. The molecule has 0 amide bonds. The van der Waals surface area contributed by atoms with Crippen LogP contribution in [0.25, 0.3) is 0 Å². The summed E-state index contributed by atoms with van der Waals surface area (Å²) in [5, 5.41) is 10.5. The first-order chi connectivity index (χ1) is 8.18. The van der Waals surface area contributed by atoms with Gasteiger partial charge in [0.15, 0.2) is 5.78 Å². The smallest absolute Gasteiger partial charge is 0.269 e. The summed E-state index contributed by atoms with van der Waals surface area (Å²) in [5.41, 5.74) is 0.998. The normalized spacial score (nSPS) is 9.33. The third-order valence-corrected chi connectivity index (χ3v) is 2.38. The van der Waals surface area contributed by atoms with Crippen LogP contribution in [-0.2, 0) is 0 Å². The zero-order chi connectivity index (χ0) is 12.3. The second-order valence-electron chi connectivity index (χ2n) is 3.50. The number of carbonyl (C=O) groups excluding carboxylic acids is 1. The summed E-state index contributed by atoms with van der Waals surface area (Å²) in [6.45, 7) is 0. The van der Waals surface area contributed by atoms with Gasteiger partial charge < -0.3 is 0 Å². The number of hydrogen-bond donors (Lipinski definition) is 0. The van der Waals surface area contributed by atoms with E-state index in [1.54, 1.807) is 24.3 Å². The van der Waals surface area contributed by atoms with E-state index in [0.717, 1.165) is 0 Å². The second kappa shape index (κ2) is 5.93. The molecule has 0 fully saturated rings. The molecule has 0 radical (unpaired) electrons. The van der Waals surface area contributed by atoms with Crippen molar-refractivity contribution in [2.75, 3.05) is 0 Å². The maximum Gasteiger partial charge on any atom is 0.269 e. The van der Waals surface area contributed by atoms with Gasteiger partial charge >= 0.3 is 0 Å². The second-order valence-corrected chi connectivity index (χ2v) is 3.50. The Labute approximate surface area is 110 Å². The Hall–Kier alpha value is -2.20. The number of ketones is 1. The van der Waals surface area contributed by atoms with E-state index in [1.165, 1.54) is 24.3 Å². The maximum atomic E-state index is 12.0. The molecule has 2 aromatic carbocycles. The Kier molecular flexibility index (Phi) is 4.57. The molecule has 18 heavy (non-hydrogen) atoms. The van der Waals surface area contributed by atoms with E-state index in [4.69, 9.17) is 0 Å². The molecule has 0 saturated carbocycles.